The molecule has 3 atom stereocenters. The second-order valence-corrected chi connectivity index (χ2v) is 4.96. The Balaban J connectivity index is 2.70. The third kappa shape index (κ3) is 3.82. The van der Waals surface area contributed by atoms with Gasteiger partial charge < -0.3 is 5.11 Å². The maximum absolute atomic E-state index is 11.8. The number of unbranched alkanes of at least 4 members (excludes halogenated alkanes) is 2. The van der Waals surface area contributed by atoms with Gasteiger partial charge in [-0.2, -0.15) is 0 Å². The number of nitrogens with one attached hydrogen (secondary N) is 1. The summed E-state index contributed by atoms with van der Waals surface area (Å²) in [5, 5.41) is 9.74. The highest BCUT2D eigenvalue weighted by atomic mass is 16.3. The summed E-state index contributed by atoms with van der Waals surface area (Å²) in [5.74, 6) is 5.14. The van der Waals surface area contributed by atoms with E-state index in [9.17, 15) is 9.90 Å². The molecule has 0 aliphatic heterocycles. The summed E-state index contributed by atoms with van der Waals surface area (Å²) in [7, 11) is 0. The van der Waals surface area contributed by atoms with Gasteiger partial charge in [0.2, 0.25) is 5.91 Å². The first-order valence-electron chi connectivity index (χ1n) is 6.47. The normalized spacial score (nSPS) is 28.7. The zero-order chi connectivity index (χ0) is 12.8. The minimum atomic E-state index is -0.413. The number of carbonyl (C=O) groups excluding carboxylic acids is 1. The average molecular weight is 240 g/mol. The van der Waals surface area contributed by atoms with Crippen molar-refractivity contribution in [3.63, 3.8) is 0 Å². The van der Waals surface area contributed by atoms with Crippen LogP contribution in [0.2, 0.25) is 0 Å². The Bertz CT molecular complexity index is 289. The number of aliphatic hydroxyl groups is 1. The number of aliphatic hydroxyl groups excluding tert-OH is 1. The number of amides is 1. The van der Waals surface area contributed by atoms with Gasteiger partial charge in [0.25, 0.3) is 0 Å². The van der Waals surface area contributed by atoms with E-state index in [1.54, 1.807) is 6.08 Å². The molecule has 0 fully saturated rings. The lowest BCUT2D eigenvalue weighted by Crippen LogP contribution is -2.42. The first-order chi connectivity index (χ1) is 8.10. The van der Waals surface area contributed by atoms with Crippen LogP contribution in [0.5, 0.6) is 0 Å². The van der Waals surface area contributed by atoms with Crippen molar-refractivity contribution in [3.05, 3.63) is 11.6 Å². The van der Waals surface area contributed by atoms with Crippen LogP contribution in [0.15, 0.2) is 11.6 Å². The van der Waals surface area contributed by atoms with Gasteiger partial charge in [-0.25, -0.2) is 5.84 Å². The second-order valence-electron chi connectivity index (χ2n) is 4.96. The van der Waals surface area contributed by atoms with Crippen molar-refractivity contribution in [3.8, 4) is 0 Å². The summed E-state index contributed by atoms with van der Waals surface area (Å²) in [6.07, 6.45) is 6.45. The van der Waals surface area contributed by atoms with Gasteiger partial charge in [0.15, 0.2) is 0 Å². The highest BCUT2D eigenvalue weighted by Gasteiger charge is 2.33. The first kappa shape index (κ1) is 14.2. The van der Waals surface area contributed by atoms with Crippen molar-refractivity contribution in [1.82, 2.24) is 5.43 Å². The van der Waals surface area contributed by atoms with E-state index in [1.807, 2.05) is 6.92 Å². The maximum atomic E-state index is 11.8. The van der Waals surface area contributed by atoms with Crippen LogP contribution in [-0.4, -0.2) is 17.1 Å². The molecule has 0 radical (unpaired) electrons. The molecule has 1 rings (SSSR count). The van der Waals surface area contributed by atoms with Crippen molar-refractivity contribution in [2.75, 3.05) is 0 Å². The van der Waals surface area contributed by atoms with Gasteiger partial charge in [0, 0.05) is 0 Å². The maximum Gasteiger partial charge on any atom is 0.241 e. The van der Waals surface area contributed by atoms with Gasteiger partial charge in [0.05, 0.1) is 12.0 Å². The Morgan fingerprint density at radius 1 is 1.59 bits per heavy atom. The Morgan fingerprint density at radius 2 is 2.29 bits per heavy atom. The van der Waals surface area contributed by atoms with Crippen molar-refractivity contribution in [2.45, 2.75) is 52.1 Å². The standard InChI is InChI=1S/C13H24N2O2/c1-3-4-5-6-10-8-11(16)7-9(2)12(10)13(17)15-14/h7,10-12,16H,3-6,8,14H2,1-2H3,(H,15,17)/t10-,11-,12-/m1/s1. The minimum absolute atomic E-state index is 0.132. The highest BCUT2D eigenvalue weighted by molar-refractivity contribution is 5.81. The van der Waals surface area contributed by atoms with E-state index in [-0.39, 0.29) is 17.7 Å². The molecule has 0 spiro atoms. The zero-order valence-electron chi connectivity index (χ0n) is 10.8. The molecule has 0 heterocycles. The van der Waals surface area contributed by atoms with E-state index in [1.165, 1.54) is 6.42 Å². The number of nitrogens with two attached hydrogens (primary N) is 1. The molecule has 0 bridgehead atoms. The van der Waals surface area contributed by atoms with Gasteiger partial charge >= 0.3 is 0 Å². The monoisotopic (exact) mass is 240 g/mol. The lowest BCUT2D eigenvalue weighted by molar-refractivity contribution is -0.126. The molecule has 1 amide bonds. The van der Waals surface area contributed by atoms with E-state index in [0.29, 0.717) is 6.42 Å². The van der Waals surface area contributed by atoms with Crippen LogP contribution in [-0.2, 0) is 4.79 Å². The number of hydrazine groups is 1. The lowest BCUT2D eigenvalue weighted by Gasteiger charge is -2.32. The van der Waals surface area contributed by atoms with Crippen LogP contribution in [0.1, 0.15) is 46.0 Å². The number of hydrogen-bond acceptors (Lipinski definition) is 3. The van der Waals surface area contributed by atoms with E-state index < -0.39 is 6.10 Å². The third-order valence-corrected chi connectivity index (χ3v) is 3.56. The predicted molar refractivity (Wildman–Crippen MR) is 67.8 cm³/mol. The molecule has 17 heavy (non-hydrogen) atoms. The van der Waals surface area contributed by atoms with Crippen molar-refractivity contribution < 1.29 is 9.90 Å². The molecule has 0 saturated carbocycles. The topological polar surface area (TPSA) is 75.3 Å². The van der Waals surface area contributed by atoms with Gasteiger partial charge in [-0.15, -0.1) is 0 Å². The number of rotatable bonds is 5. The van der Waals surface area contributed by atoms with Gasteiger partial charge in [-0.1, -0.05) is 37.8 Å². The Hall–Kier alpha value is -0.870. The molecule has 1 aliphatic carbocycles. The summed E-state index contributed by atoms with van der Waals surface area (Å²) >= 11 is 0. The second kappa shape index (κ2) is 6.77. The van der Waals surface area contributed by atoms with E-state index in [0.717, 1.165) is 24.8 Å². The van der Waals surface area contributed by atoms with E-state index in [4.69, 9.17) is 5.84 Å². The fourth-order valence-electron chi connectivity index (χ4n) is 2.74. The first-order valence-corrected chi connectivity index (χ1v) is 6.47. The van der Waals surface area contributed by atoms with Crippen LogP contribution in [0, 0.1) is 11.8 Å². The summed E-state index contributed by atoms with van der Waals surface area (Å²) in [6.45, 7) is 4.06. The Morgan fingerprint density at radius 3 is 2.88 bits per heavy atom. The Kier molecular flexibility index (Phi) is 5.65. The molecule has 0 aromatic rings. The van der Waals surface area contributed by atoms with Gasteiger partial charge in [0.1, 0.15) is 0 Å². The molecule has 4 nitrogen and oxygen atoms in total. The summed E-state index contributed by atoms with van der Waals surface area (Å²) < 4.78 is 0. The lowest BCUT2D eigenvalue weighted by atomic mass is 9.75. The molecule has 0 aromatic carbocycles. The van der Waals surface area contributed by atoms with Crippen molar-refractivity contribution >= 4 is 5.91 Å². The summed E-state index contributed by atoms with van der Waals surface area (Å²) in [4.78, 5) is 11.8. The molecule has 98 valence electrons. The van der Waals surface area contributed by atoms with Crippen LogP contribution in [0.4, 0.5) is 0 Å². The van der Waals surface area contributed by atoms with Gasteiger partial charge in [-0.3, -0.25) is 10.2 Å². The fraction of sp³-hybridized carbons (Fsp3) is 0.769. The van der Waals surface area contributed by atoms with Crippen LogP contribution >= 0.6 is 0 Å². The van der Waals surface area contributed by atoms with Crippen molar-refractivity contribution in [2.24, 2.45) is 17.7 Å². The third-order valence-electron chi connectivity index (χ3n) is 3.56. The quantitative estimate of drug-likeness (QED) is 0.224. The summed E-state index contributed by atoms with van der Waals surface area (Å²) in [6, 6.07) is 0. The molecule has 4 N–H and O–H groups in total. The fourth-order valence-corrected chi connectivity index (χ4v) is 2.74. The molecule has 0 saturated heterocycles. The zero-order valence-corrected chi connectivity index (χ0v) is 10.8. The molecular formula is C13H24N2O2. The van der Waals surface area contributed by atoms with Crippen LogP contribution in [0.25, 0.3) is 0 Å². The van der Waals surface area contributed by atoms with Crippen LogP contribution < -0.4 is 11.3 Å². The minimum Gasteiger partial charge on any atom is -0.389 e. The number of hydrogen-bond donors (Lipinski definition) is 3. The van der Waals surface area contributed by atoms with E-state index >= 15 is 0 Å². The molecule has 1 aliphatic rings. The molecule has 4 heteroatoms. The smallest absolute Gasteiger partial charge is 0.241 e. The summed E-state index contributed by atoms with van der Waals surface area (Å²) in [5.41, 5.74) is 3.18. The Labute approximate surface area is 103 Å². The molecule has 0 aromatic heterocycles. The van der Waals surface area contributed by atoms with Crippen molar-refractivity contribution in [1.29, 1.82) is 0 Å². The average Bonchev–Trinajstić information content (AvgIpc) is 2.28. The molecular weight excluding hydrogens is 216 g/mol. The number of carbonyl (C=O) groups is 1. The highest BCUT2D eigenvalue weighted by Crippen LogP contribution is 2.34. The largest absolute Gasteiger partial charge is 0.389 e. The SMILES string of the molecule is CCCCC[C@@H]1C[C@H](O)C=C(C)[C@H]1C(=O)NN. The van der Waals surface area contributed by atoms with Gasteiger partial charge in [-0.05, 0) is 25.7 Å². The van der Waals surface area contributed by atoms with Crippen LogP contribution in [0.3, 0.4) is 0 Å². The predicted octanol–water partition coefficient (Wildman–Crippen LogP) is 1.50. The molecule has 0 unspecified atom stereocenters. The van der Waals surface area contributed by atoms with E-state index in [2.05, 4.69) is 12.3 Å².